The molecule has 0 radical (unpaired) electrons. The predicted octanol–water partition coefficient (Wildman–Crippen LogP) is 1.15. The maximum Gasteiger partial charge on any atom is 0.252 e. The van der Waals surface area contributed by atoms with E-state index in [9.17, 15) is 4.79 Å². The lowest BCUT2D eigenvalue weighted by Gasteiger charge is -2.28. The number of likely N-dealkylation sites (tertiary alicyclic amines) is 1. The minimum Gasteiger partial charge on any atom is -0.378 e. The highest BCUT2D eigenvalue weighted by atomic mass is 16.5. The van der Waals surface area contributed by atoms with E-state index in [1.54, 1.807) is 24.3 Å². The van der Waals surface area contributed by atoms with Gasteiger partial charge in [0.1, 0.15) is 0 Å². The Labute approximate surface area is 124 Å². The summed E-state index contributed by atoms with van der Waals surface area (Å²) in [5.74, 6) is -0.188. The minimum absolute atomic E-state index is 0.00217. The number of nitrogens with zero attached hydrogens (tertiary/aromatic N) is 2. The molecule has 110 valence electrons. The zero-order valence-electron chi connectivity index (χ0n) is 11.9. The van der Waals surface area contributed by atoms with Crippen molar-refractivity contribution in [2.24, 2.45) is 0 Å². The van der Waals surface area contributed by atoms with Crippen LogP contribution < -0.4 is 5.32 Å². The Morgan fingerprint density at radius 1 is 1.29 bits per heavy atom. The molecule has 2 aliphatic heterocycles. The van der Waals surface area contributed by atoms with E-state index in [1.165, 1.54) is 12.8 Å². The van der Waals surface area contributed by atoms with Gasteiger partial charge < -0.3 is 10.1 Å². The molecule has 2 aliphatic rings. The summed E-state index contributed by atoms with van der Waals surface area (Å²) in [6, 6.07) is 9.22. The van der Waals surface area contributed by atoms with Gasteiger partial charge >= 0.3 is 0 Å². The van der Waals surface area contributed by atoms with Gasteiger partial charge in [0.15, 0.2) is 0 Å². The molecular weight excluding hydrogens is 266 g/mol. The topological polar surface area (TPSA) is 65.4 Å². The van der Waals surface area contributed by atoms with E-state index in [1.807, 2.05) is 0 Å². The second-order valence-electron chi connectivity index (χ2n) is 5.59. The van der Waals surface area contributed by atoms with Gasteiger partial charge in [-0.1, -0.05) is 12.1 Å². The van der Waals surface area contributed by atoms with Gasteiger partial charge in [0.2, 0.25) is 0 Å². The van der Waals surface area contributed by atoms with Crippen molar-refractivity contribution in [3.63, 3.8) is 0 Å². The largest absolute Gasteiger partial charge is 0.378 e. The molecule has 21 heavy (non-hydrogen) atoms. The number of rotatable bonds is 3. The molecule has 0 bridgehead atoms. The molecular formula is C16H19N3O2. The maximum atomic E-state index is 12.4. The van der Waals surface area contributed by atoms with Crippen molar-refractivity contribution < 1.29 is 9.53 Å². The fourth-order valence-corrected chi connectivity index (χ4v) is 3.14. The molecule has 1 amide bonds. The zero-order valence-corrected chi connectivity index (χ0v) is 11.9. The van der Waals surface area contributed by atoms with Crippen LogP contribution in [0.3, 0.4) is 0 Å². The number of hydrogen-bond acceptors (Lipinski definition) is 4. The predicted molar refractivity (Wildman–Crippen MR) is 77.8 cm³/mol. The first kappa shape index (κ1) is 14.1. The van der Waals surface area contributed by atoms with Crippen molar-refractivity contribution in [1.29, 1.82) is 5.26 Å². The third-order valence-corrected chi connectivity index (χ3v) is 4.27. The van der Waals surface area contributed by atoms with Gasteiger partial charge in [-0.3, -0.25) is 9.69 Å². The van der Waals surface area contributed by atoms with E-state index in [4.69, 9.17) is 10.00 Å². The molecule has 2 saturated heterocycles. The van der Waals surface area contributed by atoms with Crippen LogP contribution in [0, 0.1) is 11.3 Å². The SMILES string of the molecule is N#Cc1ccccc1C(=O)N[C@@H]1COC[C@H]1N1CCCC1. The van der Waals surface area contributed by atoms with E-state index in [-0.39, 0.29) is 18.0 Å². The molecule has 0 aliphatic carbocycles. The number of benzene rings is 1. The number of hydrogen-bond donors (Lipinski definition) is 1. The van der Waals surface area contributed by atoms with Crippen molar-refractivity contribution in [2.45, 2.75) is 24.9 Å². The highest BCUT2D eigenvalue weighted by molar-refractivity contribution is 5.96. The summed E-state index contributed by atoms with van der Waals surface area (Å²) in [5, 5.41) is 12.1. The quantitative estimate of drug-likeness (QED) is 0.905. The number of carbonyl (C=O) groups excluding carboxylic acids is 1. The summed E-state index contributed by atoms with van der Waals surface area (Å²) in [5.41, 5.74) is 0.846. The lowest BCUT2D eigenvalue weighted by atomic mass is 10.1. The minimum atomic E-state index is -0.188. The third kappa shape index (κ3) is 2.92. The average molecular weight is 285 g/mol. The van der Waals surface area contributed by atoms with Crippen LogP contribution in [0.15, 0.2) is 24.3 Å². The van der Waals surface area contributed by atoms with Gasteiger partial charge in [-0.2, -0.15) is 5.26 Å². The Morgan fingerprint density at radius 2 is 2.05 bits per heavy atom. The highest BCUT2D eigenvalue weighted by Gasteiger charge is 2.35. The Hall–Kier alpha value is -1.90. The van der Waals surface area contributed by atoms with E-state index >= 15 is 0 Å². The molecule has 1 aromatic carbocycles. The molecule has 5 heteroatoms. The molecule has 0 spiro atoms. The number of ether oxygens (including phenoxy) is 1. The summed E-state index contributed by atoms with van der Waals surface area (Å²) in [6.07, 6.45) is 2.43. The fourth-order valence-electron chi connectivity index (χ4n) is 3.14. The molecule has 0 saturated carbocycles. The Morgan fingerprint density at radius 3 is 2.81 bits per heavy atom. The van der Waals surface area contributed by atoms with Crippen LogP contribution in [0.1, 0.15) is 28.8 Å². The summed E-state index contributed by atoms with van der Waals surface area (Å²) in [4.78, 5) is 14.8. The zero-order chi connectivity index (χ0) is 14.7. The van der Waals surface area contributed by atoms with Crippen LogP contribution in [0.2, 0.25) is 0 Å². The van der Waals surface area contributed by atoms with E-state index in [2.05, 4.69) is 16.3 Å². The number of carbonyl (C=O) groups is 1. The average Bonchev–Trinajstić information content (AvgIpc) is 3.17. The fraction of sp³-hybridized carbons (Fsp3) is 0.500. The summed E-state index contributed by atoms with van der Waals surface area (Å²) in [7, 11) is 0. The second-order valence-corrected chi connectivity index (χ2v) is 5.59. The van der Waals surface area contributed by atoms with Gasteiger partial charge in [0.05, 0.1) is 42.5 Å². The monoisotopic (exact) mass is 285 g/mol. The van der Waals surface area contributed by atoms with Gasteiger partial charge in [-0.25, -0.2) is 0 Å². The van der Waals surface area contributed by atoms with Gasteiger partial charge in [-0.05, 0) is 38.1 Å². The van der Waals surface area contributed by atoms with Gasteiger partial charge in [0.25, 0.3) is 5.91 Å². The molecule has 2 heterocycles. The highest BCUT2D eigenvalue weighted by Crippen LogP contribution is 2.19. The van der Waals surface area contributed by atoms with E-state index in [0.29, 0.717) is 24.3 Å². The number of nitrogens with one attached hydrogen (secondary N) is 1. The maximum absolute atomic E-state index is 12.4. The van der Waals surface area contributed by atoms with Crippen molar-refractivity contribution in [3.8, 4) is 6.07 Å². The molecule has 2 atom stereocenters. The van der Waals surface area contributed by atoms with Crippen molar-refractivity contribution >= 4 is 5.91 Å². The summed E-state index contributed by atoms with van der Waals surface area (Å²) < 4.78 is 5.55. The molecule has 1 N–H and O–H groups in total. The standard InChI is InChI=1S/C16H19N3O2/c17-9-12-5-1-2-6-13(12)16(20)18-14-10-21-11-15(14)19-7-3-4-8-19/h1-2,5-6,14-15H,3-4,7-8,10-11H2,(H,18,20)/t14-,15-/m1/s1. The smallest absolute Gasteiger partial charge is 0.252 e. The first-order valence-electron chi connectivity index (χ1n) is 7.41. The van der Waals surface area contributed by atoms with Crippen LogP contribution in [0.5, 0.6) is 0 Å². The van der Waals surface area contributed by atoms with Crippen molar-refractivity contribution in [3.05, 3.63) is 35.4 Å². The van der Waals surface area contributed by atoms with E-state index < -0.39 is 0 Å². The molecule has 0 unspecified atom stereocenters. The lowest BCUT2D eigenvalue weighted by molar-refractivity contribution is 0.0916. The number of nitriles is 1. The van der Waals surface area contributed by atoms with Crippen LogP contribution in [-0.4, -0.2) is 49.2 Å². The number of amides is 1. The Balaban J connectivity index is 1.70. The first-order chi connectivity index (χ1) is 10.3. The molecule has 0 aromatic heterocycles. The lowest BCUT2D eigenvalue weighted by Crippen LogP contribution is -2.50. The molecule has 5 nitrogen and oxygen atoms in total. The van der Waals surface area contributed by atoms with Gasteiger partial charge in [0, 0.05) is 0 Å². The Kier molecular flexibility index (Phi) is 4.18. The third-order valence-electron chi connectivity index (χ3n) is 4.27. The van der Waals surface area contributed by atoms with Crippen LogP contribution >= 0.6 is 0 Å². The molecule has 1 aromatic rings. The van der Waals surface area contributed by atoms with Crippen molar-refractivity contribution in [2.75, 3.05) is 26.3 Å². The van der Waals surface area contributed by atoms with Crippen molar-refractivity contribution in [1.82, 2.24) is 10.2 Å². The van der Waals surface area contributed by atoms with Gasteiger partial charge in [-0.15, -0.1) is 0 Å². The van der Waals surface area contributed by atoms with Crippen LogP contribution in [0.25, 0.3) is 0 Å². The normalized spacial score (nSPS) is 25.7. The van der Waals surface area contributed by atoms with Crippen LogP contribution in [-0.2, 0) is 4.74 Å². The van der Waals surface area contributed by atoms with Crippen LogP contribution in [0.4, 0.5) is 0 Å². The first-order valence-corrected chi connectivity index (χ1v) is 7.41. The van der Waals surface area contributed by atoms with E-state index in [0.717, 1.165) is 13.1 Å². The summed E-state index contributed by atoms with van der Waals surface area (Å²) >= 11 is 0. The molecule has 3 rings (SSSR count). The second kappa shape index (κ2) is 6.25. The summed E-state index contributed by atoms with van der Waals surface area (Å²) in [6.45, 7) is 3.37. The molecule has 2 fully saturated rings. The Bertz CT molecular complexity index is 561.